The Balaban J connectivity index is 1.70. The highest BCUT2D eigenvalue weighted by Crippen LogP contribution is 2.17. The van der Waals surface area contributed by atoms with Gasteiger partial charge in [0.2, 0.25) is 5.95 Å². The maximum Gasteiger partial charge on any atom is 0.270 e. The number of aryl methyl sites for hydroxylation is 2. The molecule has 0 bridgehead atoms. The third kappa shape index (κ3) is 4.42. The zero-order chi connectivity index (χ0) is 18.5. The molecule has 1 heterocycles. The molecule has 0 aliphatic heterocycles. The van der Waals surface area contributed by atoms with Crippen LogP contribution >= 0.6 is 0 Å². The highest BCUT2D eigenvalue weighted by Gasteiger charge is 2.10. The van der Waals surface area contributed by atoms with Gasteiger partial charge in [0, 0.05) is 24.0 Å². The number of nitrogens with one attached hydrogen (secondary N) is 2. The first-order valence-electron chi connectivity index (χ1n) is 8.21. The Labute approximate surface area is 151 Å². The first-order valence-corrected chi connectivity index (χ1v) is 8.21. The topological polar surface area (TPSA) is 66.9 Å². The van der Waals surface area contributed by atoms with Crippen LogP contribution in [0.25, 0.3) is 0 Å². The second-order valence-corrected chi connectivity index (χ2v) is 6.04. The van der Waals surface area contributed by atoms with Crippen LogP contribution in [-0.2, 0) is 6.54 Å². The van der Waals surface area contributed by atoms with E-state index in [2.05, 4.69) is 26.7 Å². The van der Waals surface area contributed by atoms with E-state index in [-0.39, 0.29) is 24.0 Å². The molecule has 0 aliphatic rings. The minimum Gasteiger partial charge on any atom is -0.347 e. The van der Waals surface area contributed by atoms with E-state index in [4.69, 9.17) is 0 Å². The first-order chi connectivity index (χ1) is 12.5. The van der Waals surface area contributed by atoms with Gasteiger partial charge in [0.15, 0.2) is 0 Å². The lowest BCUT2D eigenvalue weighted by Gasteiger charge is -2.09. The van der Waals surface area contributed by atoms with Crippen molar-refractivity contribution < 1.29 is 9.18 Å². The Morgan fingerprint density at radius 1 is 1.08 bits per heavy atom. The number of hydrogen-bond acceptors (Lipinski definition) is 4. The molecule has 2 aromatic carbocycles. The number of nitrogens with zero attached hydrogens (tertiary/aromatic N) is 2. The molecule has 0 radical (unpaired) electrons. The summed E-state index contributed by atoms with van der Waals surface area (Å²) in [6.45, 7) is 4.10. The van der Waals surface area contributed by atoms with Crippen LogP contribution in [0.15, 0.2) is 54.7 Å². The summed E-state index contributed by atoms with van der Waals surface area (Å²) in [6, 6.07) is 13.8. The largest absolute Gasteiger partial charge is 0.347 e. The van der Waals surface area contributed by atoms with Gasteiger partial charge in [-0.25, -0.2) is 14.4 Å². The van der Waals surface area contributed by atoms with Gasteiger partial charge in [-0.15, -0.1) is 0 Å². The highest BCUT2D eigenvalue weighted by molar-refractivity contribution is 5.92. The number of anilines is 2. The number of aromatic nitrogens is 2. The van der Waals surface area contributed by atoms with Gasteiger partial charge in [0.1, 0.15) is 11.5 Å². The minimum absolute atomic E-state index is 0.0926. The van der Waals surface area contributed by atoms with Crippen molar-refractivity contribution in [2.75, 3.05) is 5.32 Å². The van der Waals surface area contributed by atoms with Gasteiger partial charge in [-0.05, 0) is 49.2 Å². The summed E-state index contributed by atoms with van der Waals surface area (Å²) in [5.41, 5.74) is 3.72. The third-order valence-corrected chi connectivity index (χ3v) is 3.76. The predicted octanol–water partition coefficient (Wildman–Crippen LogP) is 3.91. The molecule has 1 aromatic heterocycles. The van der Waals surface area contributed by atoms with E-state index in [1.165, 1.54) is 18.3 Å². The van der Waals surface area contributed by atoms with E-state index < -0.39 is 0 Å². The van der Waals surface area contributed by atoms with E-state index in [1.807, 2.05) is 26.0 Å². The van der Waals surface area contributed by atoms with E-state index >= 15 is 0 Å². The van der Waals surface area contributed by atoms with Gasteiger partial charge < -0.3 is 10.6 Å². The van der Waals surface area contributed by atoms with Crippen molar-refractivity contribution in [2.45, 2.75) is 20.4 Å². The van der Waals surface area contributed by atoms with E-state index in [0.717, 1.165) is 16.8 Å². The number of halogens is 1. The average molecular weight is 350 g/mol. The van der Waals surface area contributed by atoms with Crippen molar-refractivity contribution in [3.63, 3.8) is 0 Å². The fourth-order valence-electron chi connectivity index (χ4n) is 2.63. The predicted molar refractivity (Wildman–Crippen MR) is 98.8 cm³/mol. The Morgan fingerprint density at radius 3 is 2.54 bits per heavy atom. The Hall–Kier alpha value is -3.28. The van der Waals surface area contributed by atoms with Crippen LogP contribution in [0.2, 0.25) is 0 Å². The lowest BCUT2D eigenvalue weighted by Crippen LogP contribution is -2.24. The number of carbonyl (C=O) groups is 1. The van der Waals surface area contributed by atoms with Crippen LogP contribution in [0.1, 0.15) is 27.2 Å². The molecule has 0 saturated carbocycles. The monoisotopic (exact) mass is 350 g/mol. The standard InChI is InChI=1S/C20H19FN4O/c1-13-9-14(2)11-16(10-13)24-20-22-8-7-18(25-20)19(26)23-12-15-5-3-4-6-17(15)21/h3-11H,12H2,1-2H3,(H,23,26)(H,22,24,25). The maximum absolute atomic E-state index is 13.6. The minimum atomic E-state index is -0.390. The van der Waals surface area contributed by atoms with Crippen molar-refractivity contribution in [3.05, 3.63) is 82.9 Å². The van der Waals surface area contributed by atoms with E-state index in [0.29, 0.717) is 11.5 Å². The summed E-state index contributed by atoms with van der Waals surface area (Å²) in [6.07, 6.45) is 1.51. The van der Waals surface area contributed by atoms with Crippen LogP contribution in [0.5, 0.6) is 0 Å². The summed E-state index contributed by atoms with van der Waals surface area (Å²) in [5, 5.41) is 5.77. The van der Waals surface area contributed by atoms with Gasteiger partial charge in [0.05, 0.1) is 0 Å². The average Bonchev–Trinajstić information content (AvgIpc) is 2.60. The Bertz CT molecular complexity index is 922. The normalized spacial score (nSPS) is 10.4. The Kier molecular flexibility index (Phi) is 5.22. The SMILES string of the molecule is Cc1cc(C)cc(Nc2nccc(C(=O)NCc3ccccc3F)n2)c1. The molecular weight excluding hydrogens is 331 g/mol. The number of hydrogen-bond donors (Lipinski definition) is 2. The second kappa shape index (κ2) is 7.74. The molecule has 0 fully saturated rings. The molecule has 3 rings (SSSR count). The quantitative estimate of drug-likeness (QED) is 0.732. The Morgan fingerprint density at radius 2 is 1.81 bits per heavy atom. The molecule has 0 saturated heterocycles. The van der Waals surface area contributed by atoms with Crippen LogP contribution in [0, 0.1) is 19.7 Å². The van der Waals surface area contributed by atoms with Crippen LogP contribution in [0.4, 0.5) is 16.0 Å². The summed E-state index contributed by atoms with van der Waals surface area (Å²) < 4.78 is 13.6. The molecule has 2 N–H and O–H groups in total. The fraction of sp³-hybridized carbons (Fsp3) is 0.150. The molecule has 0 unspecified atom stereocenters. The smallest absolute Gasteiger partial charge is 0.270 e. The number of amides is 1. The molecule has 0 spiro atoms. The lowest BCUT2D eigenvalue weighted by atomic mass is 10.1. The summed E-state index contributed by atoms with van der Waals surface area (Å²) >= 11 is 0. The van der Waals surface area contributed by atoms with Crippen molar-refractivity contribution in [3.8, 4) is 0 Å². The number of rotatable bonds is 5. The van der Waals surface area contributed by atoms with Gasteiger partial charge in [-0.1, -0.05) is 24.3 Å². The van der Waals surface area contributed by atoms with Crippen molar-refractivity contribution in [1.82, 2.24) is 15.3 Å². The lowest BCUT2D eigenvalue weighted by molar-refractivity contribution is 0.0945. The molecule has 5 nitrogen and oxygen atoms in total. The van der Waals surface area contributed by atoms with Gasteiger partial charge in [0.25, 0.3) is 5.91 Å². The van der Waals surface area contributed by atoms with Crippen molar-refractivity contribution in [1.29, 1.82) is 0 Å². The maximum atomic E-state index is 13.6. The molecule has 6 heteroatoms. The van der Waals surface area contributed by atoms with Crippen molar-refractivity contribution in [2.24, 2.45) is 0 Å². The zero-order valence-electron chi connectivity index (χ0n) is 14.6. The summed E-state index contributed by atoms with van der Waals surface area (Å²) in [7, 11) is 0. The molecule has 3 aromatic rings. The highest BCUT2D eigenvalue weighted by atomic mass is 19.1. The van der Waals surface area contributed by atoms with Crippen LogP contribution < -0.4 is 10.6 Å². The second-order valence-electron chi connectivity index (χ2n) is 6.04. The number of carbonyl (C=O) groups excluding carboxylic acids is 1. The molecule has 1 amide bonds. The third-order valence-electron chi connectivity index (χ3n) is 3.76. The summed E-state index contributed by atoms with van der Waals surface area (Å²) in [4.78, 5) is 20.7. The van der Waals surface area contributed by atoms with E-state index in [1.54, 1.807) is 18.2 Å². The fourth-order valence-corrected chi connectivity index (χ4v) is 2.63. The molecule has 0 aliphatic carbocycles. The van der Waals surface area contributed by atoms with Gasteiger partial charge >= 0.3 is 0 Å². The van der Waals surface area contributed by atoms with Crippen LogP contribution in [-0.4, -0.2) is 15.9 Å². The molecule has 0 atom stereocenters. The molecular formula is C20H19FN4O. The molecule has 132 valence electrons. The van der Waals surface area contributed by atoms with Crippen molar-refractivity contribution >= 4 is 17.5 Å². The summed E-state index contributed by atoms with van der Waals surface area (Å²) in [5.74, 6) is -0.416. The number of benzene rings is 2. The van der Waals surface area contributed by atoms with Gasteiger partial charge in [-0.2, -0.15) is 0 Å². The first kappa shape index (κ1) is 17.5. The zero-order valence-corrected chi connectivity index (χ0v) is 14.6. The van der Waals surface area contributed by atoms with Crippen LogP contribution in [0.3, 0.4) is 0 Å². The van der Waals surface area contributed by atoms with Gasteiger partial charge in [-0.3, -0.25) is 4.79 Å². The van der Waals surface area contributed by atoms with E-state index in [9.17, 15) is 9.18 Å². The molecule has 26 heavy (non-hydrogen) atoms.